The van der Waals surface area contributed by atoms with Crippen molar-refractivity contribution >= 4 is 43.6 Å². The second-order valence-corrected chi connectivity index (χ2v) is 13.5. The van der Waals surface area contributed by atoms with Crippen molar-refractivity contribution in [1.29, 1.82) is 5.26 Å². The molecule has 10 rings (SSSR count). The predicted octanol–water partition coefficient (Wildman–Crippen LogP) is 13.0. The number of hydrogen-bond acceptors (Lipinski definition) is 1. The number of hydrogen-bond donors (Lipinski definition) is 0. The number of nitrogens with zero attached hydrogens (tertiary/aromatic N) is 3. The highest BCUT2D eigenvalue weighted by atomic mass is 19.1. The van der Waals surface area contributed by atoms with Crippen LogP contribution in [0.5, 0.6) is 0 Å². The summed E-state index contributed by atoms with van der Waals surface area (Å²) < 4.78 is 35.8. The van der Waals surface area contributed by atoms with Crippen molar-refractivity contribution in [2.24, 2.45) is 0 Å². The molecule has 254 valence electrons. The van der Waals surface area contributed by atoms with Gasteiger partial charge in [0, 0.05) is 27.1 Å². The summed E-state index contributed by atoms with van der Waals surface area (Å²) in [4.78, 5) is 0. The Morgan fingerprint density at radius 3 is 1.33 bits per heavy atom. The quantitative estimate of drug-likeness (QED) is 0.176. The van der Waals surface area contributed by atoms with Crippen molar-refractivity contribution in [3.63, 3.8) is 0 Å². The molecule has 0 spiro atoms. The molecular weight excluding hydrogens is 669 g/mol. The third-order valence-electron chi connectivity index (χ3n) is 10.5. The smallest absolute Gasteiger partial charge is 0.134 e. The van der Waals surface area contributed by atoms with Gasteiger partial charge in [0.2, 0.25) is 0 Å². The molecule has 0 radical (unpaired) electrons. The van der Waals surface area contributed by atoms with Crippen LogP contribution in [-0.2, 0) is 0 Å². The highest BCUT2D eigenvalue weighted by Crippen LogP contribution is 2.43. The van der Waals surface area contributed by atoms with E-state index in [0.29, 0.717) is 11.4 Å². The molecule has 0 aliphatic rings. The number of para-hydroxylation sites is 2. The summed E-state index contributed by atoms with van der Waals surface area (Å²) in [5, 5.41) is 14.9. The van der Waals surface area contributed by atoms with Crippen molar-refractivity contribution in [3.05, 3.63) is 193 Å². The molecule has 54 heavy (non-hydrogen) atoms. The number of halogens is 2. The first-order valence-corrected chi connectivity index (χ1v) is 17.8. The Kier molecular flexibility index (Phi) is 7.24. The monoisotopic (exact) mass is 697 g/mol. The van der Waals surface area contributed by atoms with E-state index in [4.69, 9.17) is 0 Å². The van der Waals surface area contributed by atoms with E-state index in [2.05, 4.69) is 100 Å². The van der Waals surface area contributed by atoms with Crippen LogP contribution in [0.3, 0.4) is 0 Å². The van der Waals surface area contributed by atoms with Gasteiger partial charge in [0.1, 0.15) is 11.6 Å². The summed E-state index contributed by atoms with van der Waals surface area (Å²) in [7, 11) is 0. The lowest BCUT2D eigenvalue weighted by atomic mass is 9.97. The van der Waals surface area contributed by atoms with E-state index in [1.54, 1.807) is 12.1 Å². The van der Waals surface area contributed by atoms with Crippen molar-refractivity contribution in [3.8, 4) is 50.8 Å². The summed E-state index contributed by atoms with van der Waals surface area (Å²) in [6.07, 6.45) is 0. The van der Waals surface area contributed by atoms with Crippen LogP contribution in [0, 0.1) is 23.0 Å². The lowest BCUT2D eigenvalue weighted by Crippen LogP contribution is -2.06. The van der Waals surface area contributed by atoms with Gasteiger partial charge in [-0.2, -0.15) is 5.26 Å². The minimum atomic E-state index is -0.733. The maximum absolute atomic E-state index is 15.7. The molecule has 0 saturated carbocycles. The van der Waals surface area contributed by atoms with Gasteiger partial charge < -0.3 is 9.13 Å². The summed E-state index contributed by atoms with van der Waals surface area (Å²) in [5.74, 6) is -1.47. The third-order valence-corrected chi connectivity index (χ3v) is 10.5. The molecule has 0 bridgehead atoms. The van der Waals surface area contributed by atoms with Crippen molar-refractivity contribution in [2.45, 2.75) is 0 Å². The van der Waals surface area contributed by atoms with Crippen molar-refractivity contribution in [2.75, 3.05) is 0 Å². The molecule has 0 unspecified atom stereocenters. The Labute approximate surface area is 309 Å². The number of fused-ring (bicyclic) bond motifs is 6. The van der Waals surface area contributed by atoms with Gasteiger partial charge in [0.05, 0.1) is 50.6 Å². The average molecular weight is 698 g/mol. The molecule has 0 fully saturated rings. The zero-order valence-electron chi connectivity index (χ0n) is 28.8. The second-order valence-electron chi connectivity index (χ2n) is 13.5. The first-order valence-electron chi connectivity index (χ1n) is 17.8. The summed E-state index contributed by atoms with van der Waals surface area (Å²) >= 11 is 0. The topological polar surface area (TPSA) is 33.6 Å². The van der Waals surface area contributed by atoms with E-state index in [1.165, 1.54) is 18.2 Å². The van der Waals surface area contributed by atoms with Gasteiger partial charge in [-0.15, -0.1) is 0 Å². The van der Waals surface area contributed by atoms with Crippen LogP contribution in [0.4, 0.5) is 8.78 Å². The number of aromatic nitrogens is 2. The van der Waals surface area contributed by atoms with Crippen LogP contribution in [0.15, 0.2) is 176 Å². The zero-order valence-corrected chi connectivity index (χ0v) is 28.8. The fraction of sp³-hybridized carbons (Fsp3) is 0. The zero-order chi connectivity index (χ0) is 36.3. The van der Waals surface area contributed by atoms with Crippen LogP contribution in [0.2, 0.25) is 0 Å². The number of benzene rings is 8. The molecule has 5 heteroatoms. The molecule has 8 aromatic carbocycles. The van der Waals surface area contributed by atoms with E-state index < -0.39 is 11.6 Å². The first kappa shape index (κ1) is 31.4. The van der Waals surface area contributed by atoms with Gasteiger partial charge in [-0.25, -0.2) is 8.78 Å². The SMILES string of the molecule is N#Cc1cc(-n2c3ccccc3c3ccc(-c4ccccc4)cc32)c(-n2c3ccccc3c3ccc(-c4ccccc4)cc32)cc1-c1c(F)cccc1F. The van der Waals surface area contributed by atoms with Gasteiger partial charge in [-0.1, -0.05) is 127 Å². The Bertz CT molecular complexity index is 3110. The van der Waals surface area contributed by atoms with Crippen LogP contribution < -0.4 is 0 Å². The summed E-state index contributed by atoms with van der Waals surface area (Å²) in [5.41, 5.74) is 9.46. The first-order chi connectivity index (χ1) is 26.6. The maximum Gasteiger partial charge on any atom is 0.134 e. The lowest BCUT2D eigenvalue weighted by Gasteiger charge is -2.20. The Hall–Kier alpha value is -7.29. The third kappa shape index (κ3) is 4.85. The molecule has 3 nitrogen and oxygen atoms in total. The van der Waals surface area contributed by atoms with Crippen LogP contribution >= 0.6 is 0 Å². The van der Waals surface area contributed by atoms with Crippen molar-refractivity contribution < 1.29 is 8.78 Å². The molecule has 0 aliphatic carbocycles. The summed E-state index contributed by atoms with van der Waals surface area (Å²) in [6, 6.07) is 59.5. The Morgan fingerprint density at radius 2 is 0.833 bits per heavy atom. The van der Waals surface area contributed by atoms with Gasteiger partial charge in [-0.3, -0.25) is 0 Å². The highest BCUT2D eigenvalue weighted by molar-refractivity contribution is 6.13. The van der Waals surface area contributed by atoms with Gasteiger partial charge >= 0.3 is 0 Å². The summed E-state index contributed by atoms with van der Waals surface area (Å²) in [6.45, 7) is 0. The molecule has 0 saturated heterocycles. The minimum absolute atomic E-state index is 0.161. The predicted molar refractivity (Wildman–Crippen MR) is 216 cm³/mol. The minimum Gasteiger partial charge on any atom is -0.307 e. The fourth-order valence-corrected chi connectivity index (χ4v) is 8.07. The molecule has 2 heterocycles. The Morgan fingerprint density at radius 1 is 0.389 bits per heavy atom. The fourth-order valence-electron chi connectivity index (χ4n) is 8.07. The maximum atomic E-state index is 15.7. The standard InChI is InChI=1S/C49H29F2N3/c50-41-18-11-19-42(51)49(41)40-29-48(54-44-21-10-8-17-37(44)39-25-23-34(27-46(39)54)32-14-5-2-6-15-32)47(28-35(40)30-52)53-43-20-9-7-16-36(43)38-24-22-33(26-45(38)53)31-12-3-1-4-13-31/h1-29H. The molecular formula is C49H29F2N3. The number of nitriles is 1. The van der Waals surface area contributed by atoms with Crippen LogP contribution in [0.25, 0.3) is 88.4 Å². The largest absolute Gasteiger partial charge is 0.307 e. The van der Waals surface area contributed by atoms with E-state index in [-0.39, 0.29) is 16.7 Å². The van der Waals surface area contributed by atoms with Crippen molar-refractivity contribution in [1.82, 2.24) is 9.13 Å². The molecule has 0 atom stereocenters. The number of rotatable bonds is 5. The van der Waals surface area contributed by atoms with E-state index >= 15 is 8.78 Å². The van der Waals surface area contributed by atoms with Gasteiger partial charge in [0.15, 0.2) is 0 Å². The van der Waals surface area contributed by atoms with Crippen LogP contribution in [-0.4, -0.2) is 9.13 Å². The van der Waals surface area contributed by atoms with Crippen LogP contribution in [0.1, 0.15) is 5.56 Å². The lowest BCUT2D eigenvalue weighted by molar-refractivity contribution is 0.589. The molecule has 2 aromatic heterocycles. The van der Waals surface area contributed by atoms with E-state index in [1.807, 2.05) is 60.7 Å². The second kappa shape index (κ2) is 12.4. The molecule has 0 N–H and O–H groups in total. The molecule has 0 aliphatic heterocycles. The average Bonchev–Trinajstić information content (AvgIpc) is 3.73. The van der Waals surface area contributed by atoms with E-state index in [9.17, 15) is 5.26 Å². The van der Waals surface area contributed by atoms with E-state index in [0.717, 1.165) is 65.9 Å². The van der Waals surface area contributed by atoms with Gasteiger partial charge in [0.25, 0.3) is 0 Å². The van der Waals surface area contributed by atoms with Gasteiger partial charge in [-0.05, 0) is 70.8 Å². The normalized spacial score (nSPS) is 11.5. The Balaban J connectivity index is 1.38. The molecule has 10 aromatic rings. The molecule has 0 amide bonds. The highest BCUT2D eigenvalue weighted by Gasteiger charge is 2.24.